The van der Waals surface area contributed by atoms with E-state index in [0.29, 0.717) is 0 Å². The number of benzene rings is 2. The SMILES string of the molecule is NS(=O)(=O)c1ccc2c(c1)C1CCNCC1O2.Nc1ccccc1F. The minimum atomic E-state index is -3.63. The fourth-order valence-electron chi connectivity index (χ4n) is 3.05. The first kappa shape index (κ1) is 17.7. The molecule has 2 heterocycles. The van der Waals surface area contributed by atoms with Gasteiger partial charge in [-0.1, -0.05) is 12.1 Å². The molecule has 2 aromatic rings. The Morgan fingerprint density at radius 1 is 1.20 bits per heavy atom. The van der Waals surface area contributed by atoms with Crippen LogP contribution in [-0.2, 0) is 10.0 Å². The molecule has 0 amide bonds. The Labute approximate surface area is 146 Å². The van der Waals surface area contributed by atoms with Gasteiger partial charge < -0.3 is 15.8 Å². The Morgan fingerprint density at radius 2 is 1.96 bits per heavy atom. The lowest BCUT2D eigenvalue weighted by Crippen LogP contribution is -2.39. The fraction of sp³-hybridized carbons (Fsp3) is 0.294. The summed E-state index contributed by atoms with van der Waals surface area (Å²) in [6, 6.07) is 11.0. The Bertz CT molecular complexity index is 852. The quantitative estimate of drug-likeness (QED) is 0.665. The summed E-state index contributed by atoms with van der Waals surface area (Å²) in [5.74, 6) is 0.719. The van der Waals surface area contributed by atoms with Gasteiger partial charge in [-0.3, -0.25) is 0 Å². The number of para-hydroxylation sites is 1. The van der Waals surface area contributed by atoms with Crippen molar-refractivity contribution in [1.29, 1.82) is 0 Å². The number of piperidine rings is 1. The zero-order chi connectivity index (χ0) is 18.0. The van der Waals surface area contributed by atoms with Crippen LogP contribution in [0.4, 0.5) is 10.1 Å². The van der Waals surface area contributed by atoms with Gasteiger partial charge in [-0.2, -0.15) is 0 Å². The second kappa shape index (κ2) is 6.99. The van der Waals surface area contributed by atoms with Gasteiger partial charge in [0.05, 0.1) is 10.6 Å². The molecule has 1 saturated heterocycles. The fourth-order valence-corrected chi connectivity index (χ4v) is 3.60. The molecule has 25 heavy (non-hydrogen) atoms. The van der Waals surface area contributed by atoms with Crippen molar-refractivity contribution in [2.24, 2.45) is 5.14 Å². The van der Waals surface area contributed by atoms with Gasteiger partial charge >= 0.3 is 0 Å². The van der Waals surface area contributed by atoms with E-state index < -0.39 is 10.0 Å². The van der Waals surface area contributed by atoms with E-state index in [1.165, 1.54) is 18.2 Å². The van der Waals surface area contributed by atoms with Gasteiger partial charge in [0, 0.05) is 18.0 Å². The van der Waals surface area contributed by atoms with Crippen molar-refractivity contribution in [2.75, 3.05) is 18.8 Å². The maximum atomic E-state index is 12.2. The molecule has 5 N–H and O–H groups in total. The minimum Gasteiger partial charge on any atom is -0.488 e. The Morgan fingerprint density at radius 3 is 2.60 bits per heavy atom. The predicted octanol–water partition coefficient (Wildman–Crippen LogP) is 1.58. The standard InChI is InChI=1S/C11H14N2O3S.C6H6FN/c12-17(14,15)7-1-2-10-9(5-7)8-3-4-13-6-11(8)16-10;7-5-3-1-2-4-6(5)8/h1-2,5,8,11,13H,3-4,6H2,(H2,12,14,15);1-4H,8H2. The summed E-state index contributed by atoms with van der Waals surface area (Å²) in [6.07, 6.45) is 1.08. The highest BCUT2D eigenvalue weighted by Crippen LogP contribution is 2.41. The third-order valence-corrected chi connectivity index (χ3v) is 5.23. The molecule has 0 aromatic heterocycles. The molecule has 1 fully saturated rings. The summed E-state index contributed by atoms with van der Waals surface area (Å²) in [5.41, 5.74) is 6.32. The number of ether oxygens (including phenoxy) is 1. The highest BCUT2D eigenvalue weighted by Gasteiger charge is 2.36. The van der Waals surface area contributed by atoms with Crippen LogP contribution in [0.25, 0.3) is 0 Å². The lowest BCUT2D eigenvalue weighted by molar-refractivity contribution is 0.177. The first-order chi connectivity index (χ1) is 11.9. The van der Waals surface area contributed by atoms with Crippen LogP contribution in [0.1, 0.15) is 17.9 Å². The van der Waals surface area contributed by atoms with E-state index in [9.17, 15) is 12.8 Å². The molecule has 2 aromatic carbocycles. The molecule has 2 atom stereocenters. The van der Waals surface area contributed by atoms with Crippen LogP contribution in [0.3, 0.4) is 0 Å². The van der Waals surface area contributed by atoms with E-state index in [-0.39, 0.29) is 28.4 Å². The van der Waals surface area contributed by atoms with Gasteiger partial charge in [-0.25, -0.2) is 17.9 Å². The molecule has 6 nitrogen and oxygen atoms in total. The van der Waals surface area contributed by atoms with Crippen molar-refractivity contribution >= 4 is 15.7 Å². The summed E-state index contributed by atoms with van der Waals surface area (Å²) in [5, 5.41) is 8.41. The van der Waals surface area contributed by atoms with Crippen LogP contribution in [0.2, 0.25) is 0 Å². The monoisotopic (exact) mass is 365 g/mol. The topological polar surface area (TPSA) is 107 Å². The third kappa shape index (κ3) is 3.92. The number of hydrogen-bond acceptors (Lipinski definition) is 5. The molecule has 2 aliphatic heterocycles. The number of sulfonamides is 1. The lowest BCUT2D eigenvalue weighted by atomic mass is 9.90. The molecule has 0 aliphatic carbocycles. The Balaban J connectivity index is 0.000000192. The van der Waals surface area contributed by atoms with E-state index in [1.807, 2.05) is 0 Å². The van der Waals surface area contributed by atoms with E-state index in [4.69, 9.17) is 15.6 Å². The molecule has 8 heteroatoms. The first-order valence-corrected chi connectivity index (χ1v) is 9.45. The number of fused-ring (bicyclic) bond motifs is 3. The summed E-state index contributed by atoms with van der Waals surface area (Å²) in [7, 11) is -3.63. The van der Waals surface area contributed by atoms with Crippen LogP contribution >= 0.6 is 0 Å². The summed E-state index contributed by atoms with van der Waals surface area (Å²) >= 11 is 0. The van der Waals surface area contributed by atoms with Crippen LogP contribution in [0.5, 0.6) is 5.75 Å². The van der Waals surface area contributed by atoms with E-state index in [1.54, 1.807) is 24.3 Å². The number of hydrogen-bond donors (Lipinski definition) is 3. The molecule has 2 unspecified atom stereocenters. The second-order valence-electron chi connectivity index (χ2n) is 6.02. The van der Waals surface area contributed by atoms with E-state index in [2.05, 4.69) is 5.32 Å². The predicted molar refractivity (Wildman–Crippen MR) is 93.3 cm³/mol. The summed E-state index contributed by atoms with van der Waals surface area (Å²) in [6.45, 7) is 1.74. The van der Waals surface area contributed by atoms with Crippen LogP contribution in [-0.4, -0.2) is 27.6 Å². The van der Waals surface area contributed by atoms with Crippen molar-refractivity contribution in [3.05, 3.63) is 53.8 Å². The number of anilines is 1. The second-order valence-corrected chi connectivity index (χ2v) is 7.58. The van der Waals surface area contributed by atoms with Gasteiger partial charge in [-0.15, -0.1) is 0 Å². The van der Waals surface area contributed by atoms with Gasteiger partial charge in [-0.05, 0) is 43.3 Å². The average molecular weight is 365 g/mol. The highest BCUT2D eigenvalue weighted by atomic mass is 32.2. The van der Waals surface area contributed by atoms with Crippen molar-refractivity contribution in [3.8, 4) is 5.75 Å². The van der Waals surface area contributed by atoms with Gasteiger partial charge in [0.1, 0.15) is 17.7 Å². The minimum absolute atomic E-state index is 0.120. The molecule has 2 aliphatic rings. The van der Waals surface area contributed by atoms with Crippen molar-refractivity contribution in [2.45, 2.75) is 23.3 Å². The number of primary sulfonamides is 1. The number of nitrogens with two attached hydrogens (primary N) is 2. The Hall–Kier alpha value is -2.16. The molecule has 0 bridgehead atoms. The molecular weight excluding hydrogens is 345 g/mol. The lowest BCUT2D eigenvalue weighted by Gasteiger charge is -2.24. The molecule has 0 saturated carbocycles. The van der Waals surface area contributed by atoms with Gasteiger partial charge in [0.2, 0.25) is 10.0 Å². The third-order valence-electron chi connectivity index (χ3n) is 4.32. The number of rotatable bonds is 1. The summed E-state index contributed by atoms with van der Waals surface area (Å²) < 4.78 is 40.6. The first-order valence-electron chi connectivity index (χ1n) is 7.90. The van der Waals surface area contributed by atoms with E-state index >= 15 is 0 Å². The maximum Gasteiger partial charge on any atom is 0.238 e. The van der Waals surface area contributed by atoms with Crippen molar-refractivity contribution in [3.63, 3.8) is 0 Å². The smallest absolute Gasteiger partial charge is 0.238 e. The number of halogens is 1. The van der Waals surface area contributed by atoms with Crippen molar-refractivity contribution in [1.82, 2.24) is 5.32 Å². The molecule has 4 rings (SSSR count). The van der Waals surface area contributed by atoms with Crippen molar-refractivity contribution < 1.29 is 17.5 Å². The van der Waals surface area contributed by atoms with Crippen LogP contribution in [0, 0.1) is 5.82 Å². The zero-order valence-electron chi connectivity index (χ0n) is 13.5. The molecular formula is C17H20FN3O3S. The highest BCUT2D eigenvalue weighted by molar-refractivity contribution is 7.89. The molecule has 0 spiro atoms. The molecule has 134 valence electrons. The zero-order valence-corrected chi connectivity index (χ0v) is 14.3. The largest absolute Gasteiger partial charge is 0.488 e. The maximum absolute atomic E-state index is 12.2. The van der Waals surface area contributed by atoms with Crippen LogP contribution < -0.4 is 20.9 Å². The average Bonchev–Trinajstić information content (AvgIpc) is 2.95. The van der Waals surface area contributed by atoms with Gasteiger partial charge in [0.15, 0.2) is 0 Å². The van der Waals surface area contributed by atoms with Gasteiger partial charge in [0.25, 0.3) is 0 Å². The normalized spacial score (nSPS) is 21.4. The Kier molecular flexibility index (Phi) is 4.94. The summed E-state index contributed by atoms with van der Waals surface area (Å²) in [4.78, 5) is 0.166. The molecule has 0 radical (unpaired) electrons. The van der Waals surface area contributed by atoms with E-state index in [0.717, 1.165) is 30.8 Å². The number of nitrogen functional groups attached to an aromatic ring is 1. The van der Waals surface area contributed by atoms with Crippen LogP contribution in [0.15, 0.2) is 47.4 Å². The number of nitrogens with one attached hydrogen (secondary N) is 1.